The molecule has 28 heavy (non-hydrogen) atoms. The molecule has 7 heteroatoms. The highest BCUT2D eigenvalue weighted by atomic mass is 19.1. The van der Waals surface area contributed by atoms with Crippen molar-refractivity contribution in [3.63, 3.8) is 0 Å². The Morgan fingerprint density at radius 3 is 2.61 bits per heavy atom. The van der Waals surface area contributed by atoms with Crippen LogP contribution in [0.4, 0.5) is 4.39 Å². The second-order valence-electron chi connectivity index (χ2n) is 8.41. The van der Waals surface area contributed by atoms with Gasteiger partial charge in [-0.05, 0) is 37.6 Å². The molecule has 0 bridgehead atoms. The molecule has 0 radical (unpaired) electrons. The zero-order valence-corrected chi connectivity index (χ0v) is 16.5. The van der Waals surface area contributed by atoms with E-state index in [9.17, 15) is 14.0 Å². The Bertz CT molecular complexity index is 732. The summed E-state index contributed by atoms with van der Waals surface area (Å²) in [5.41, 5.74) is 0.0181. The van der Waals surface area contributed by atoms with Crippen molar-refractivity contribution >= 4 is 11.8 Å². The lowest BCUT2D eigenvalue weighted by Gasteiger charge is -2.33. The van der Waals surface area contributed by atoms with Crippen LogP contribution in [0.15, 0.2) is 24.3 Å². The predicted molar refractivity (Wildman–Crippen MR) is 104 cm³/mol. The van der Waals surface area contributed by atoms with E-state index in [1.165, 1.54) is 12.1 Å². The van der Waals surface area contributed by atoms with Crippen molar-refractivity contribution in [2.45, 2.75) is 30.7 Å². The number of nitrogens with one attached hydrogen (secondary N) is 1. The van der Waals surface area contributed by atoms with Gasteiger partial charge in [-0.25, -0.2) is 4.39 Å². The van der Waals surface area contributed by atoms with Crippen LogP contribution < -0.4 is 5.32 Å². The number of hydrogen-bond acceptors (Lipinski definition) is 4. The monoisotopic (exact) mass is 388 g/mol. The van der Waals surface area contributed by atoms with Gasteiger partial charge in [0.05, 0.1) is 5.41 Å². The van der Waals surface area contributed by atoms with Gasteiger partial charge in [-0.1, -0.05) is 12.1 Å². The van der Waals surface area contributed by atoms with Crippen molar-refractivity contribution < 1.29 is 14.0 Å². The molecule has 0 unspecified atom stereocenters. The molecular formula is C21H29FN4O2. The molecule has 3 saturated heterocycles. The molecule has 152 valence electrons. The lowest BCUT2D eigenvalue weighted by Crippen LogP contribution is -2.50. The van der Waals surface area contributed by atoms with Crippen molar-refractivity contribution in [1.82, 2.24) is 20.0 Å². The van der Waals surface area contributed by atoms with E-state index in [2.05, 4.69) is 22.2 Å². The van der Waals surface area contributed by atoms with E-state index in [0.717, 1.165) is 44.7 Å². The van der Waals surface area contributed by atoms with Gasteiger partial charge in [0.15, 0.2) is 0 Å². The summed E-state index contributed by atoms with van der Waals surface area (Å²) in [6.07, 6.45) is 1.98. The minimum absolute atomic E-state index is 0.0459. The van der Waals surface area contributed by atoms with Crippen LogP contribution in [-0.4, -0.2) is 85.4 Å². The molecule has 0 saturated carbocycles. The summed E-state index contributed by atoms with van der Waals surface area (Å²) in [6, 6.07) is 6.31. The van der Waals surface area contributed by atoms with Gasteiger partial charge in [0.2, 0.25) is 11.8 Å². The predicted octanol–water partition coefficient (Wildman–Crippen LogP) is 0.822. The Kier molecular flexibility index (Phi) is 5.38. The molecule has 3 fully saturated rings. The van der Waals surface area contributed by atoms with Crippen LogP contribution in [0.1, 0.15) is 24.8 Å². The topological polar surface area (TPSA) is 55.9 Å². The van der Waals surface area contributed by atoms with Crippen molar-refractivity contribution in [2.24, 2.45) is 0 Å². The molecule has 6 nitrogen and oxygen atoms in total. The van der Waals surface area contributed by atoms with Gasteiger partial charge in [-0.15, -0.1) is 0 Å². The molecule has 2 atom stereocenters. The lowest BCUT2D eigenvalue weighted by atomic mass is 9.77. The third-order valence-electron chi connectivity index (χ3n) is 6.62. The first-order valence-corrected chi connectivity index (χ1v) is 10.2. The SMILES string of the molecule is CN1CCN(CCNC(=O)[C@@]2(c3ccc(F)cc3)C[C@@H]3CCC(=O)N3C2)CC1. The second-order valence-corrected chi connectivity index (χ2v) is 8.41. The number of benzene rings is 1. The van der Waals surface area contributed by atoms with Gasteiger partial charge in [0.25, 0.3) is 0 Å². The fourth-order valence-corrected chi connectivity index (χ4v) is 4.82. The van der Waals surface area contributed by atoms with Crippen LogP contribution in [-0.2, 0) is 15.0 Å². The number of halogens is 1. The molecule has 3 aliphatic rings. The van der Waals surface area contributed by atoms with Gasteiger partial charge in [0, 0.05) is 58.3 Å². The zero-order chi connectivity index (χ0) is 19.7. The average Bonchev–Trinajstić information content (AvgIpc) is 3.24. The van der Waals surface area contributed by atoms with Crippen LogP contribution in [0.3, 0.4) is 0 Å². The number of rotatable bonds is 5. The first-order valence-electron chi connectivity index (χ1n) is 10.2. The van der Waals surface area contributed by atoms with Gasteiger partial charge in [0.1, 0.15) is 5.82 Å². The Morgan fingerprint density at radius 1 is 1.21 bits per heavy atom. The molecule has 2 amide bonds. The van der Waals surface area contributed by atoms with Gasteiger partial charge in [-0.3, -0.25) is 14.5 Å². The summed E-state index contributed by atoms with van der Waals surface area (Å²) in [7, 11) is 2.12. The molecule has 1 aromatic carbocycles. The van der Waals surface area contributed by atoms with Crippen molar-refractivity contribution in [3.05, 3.63) is 35.6 Å². The minimum atomic E-state index is -0.781. The maximum absolute atomic E-state index is 13.5. The smallest absolute Gasteiger partial charge is 0.232 e. The van der Waals surface area contributed by atoms with Gasteiger partial charge in [-0.2, -0.15) is 0 Å². The molecule has 0 aromatic heterocycles. The molecule has 1 N–H and O–H groups in total. The molecule has 1 aromatic rings. The van der Waals surface area contributed by atoms with Crippen LogP contribution in [0.25, 0.3) is 0 Å². The third kappa shape index (κ3) is 3.65. The maximum atomic E-state index is 13.5. The molecule has 3 aliphatic heterocycles. The van der Waals surface area contributed by atoms with E-state index >= 15 is 0 Å². The first kappa shape index (κ1) is 19.3. The van der Waals surface area contributed by atoms with E-state index in [1.54, 1.807) is 12.1 Å². The maximum Gasteiger partial charge on any atom is 0.232 e. The second kappa shape index (κ2) is 7.79. The number of fused-ring (bicyclic) bond motifs is 1. The number of likely N-dealkylation sites (N-methyl/N-ethyl adjacent to an activating group) is 1. The van der Waals surface area contributed by atoms with Crippen LogP contribution in [0.5, 0.6) is 0 Å². The molecular weight excluding hydrogens is 359 g/mol. The summed E-state index contributed by atoms with van der Waals surface area (Å²) in [6.45, 7) is 5.93. The highest BCUT2D eigenvalue weighted by Crippen LogP contribution is 2.43. The molecule has 3 heterocycles. The summed E-state index contributed by atoms with van der Waals surface area (Å²) in [5, 5.41) is 3.12. The molecule has 0 aliphatic carbocycles. The largest absolute Gasteiger partial charge is 0.354 e. The number of nitrogens with zero attached hydrogens (tertiary/aromatic N) is 3. The number of hydrogen-bond donors (Lipinski definition) is 1. The summed E-state index contributed by atoms with van der Waals surface area (Å²) in [4.78, 5) is 32.1. The van der Waals surface area contributed by atoms with Crippen LogP contribution >= 0.6 is 0 Å². The van der Waals surface area contributed by atoms with E-state index in [1.807, 2.05) is 4.90 Å². The summed E-state index contributed by atoms with van der Waals surface area (Å²) in [5.74, 6) is -0.237. The van der Waals surface area contributed by atoms with Crippen molar-refractivity contribution in [2.75, 3.05) is 52.9 Å². The third-order valence-corrected chi connectivity index (χ3v) is 6.62. The fraction of sp³-hybridized carbons (Fsp3) is 0.619. The van der Waals surface area contributed by atoms with E-state index in [4.69, 9.17) is 0 Å². The molecule has 0 spiro atoms. The quantitative estimate of drug-likeness (QED) is 0.812. The Hall–Kier alpha value is -1.99. The number of carbonyl (C=O) groups excluding carboxylic acids is 2. The van der Waals surface area contributed by atoms with Crippen molar-refractivity contribution in [3.8, 4) is 0 Å². The number of amides is 2. The van der Waals surface area contributed by atoms with E-state index < -0.39 is 5.41 Å². The number of carbonyl (C=O) groups is 2. The van der Waals surface area contributed by atoms with Crippen molar-refractivity contribution in [1.29, 1.82) is 0 Å². The molecule has 4 rings (SSSR count). The standard InChI is InChI=1S/C21H29FN4O2/c1-24-10-12-25(13-11-24)9-8-23-20(28)21(16-2-4-17(22)5-3-16)14-18-6-7-19(27)26(18)15-21/h2-5,18H,6-15H2,1H3,(H,23,28)/t18-,21-/m0/s1. The average molecular weight is 388 g/mol. The minimum Gasteiger partial charge on any atom is -0.354 e. The highest BCUT2D eigenvalue weighted by Gasteiger charge is 2.53. The van der Waals surface area contributed by atoms with E-state index in [-0.39, 0.29) is 23.7 Å². The van der Waals surface area contributed by atoms with Crippen LogP contribution in [0.2, 0.25) is 0 Å². The van der Waals surface area contributed by atoms with E-state index in [0.29, 0.717) is 25.9 Å². The highest BCUT2D eigenvalue weighted by molar-refractivity contribution is 5.91. The lowest BCUT2D eigenvalue weighted by molar-refractivity contribution is -0.129. The number of piperazine rings is 1. The Morgan fingerprint density at radius 2 is 1.93 bits per heavy atom. The summed E-state index contributed by atoms with van der Waals surface area (Å²) < 4.78 is 13.5. The van der Waals surface area contributed by atoms with Crippen LogP contribution in [0, 0.1) is 5.82 Å². The van der Waals surface area contributed by atoms with Gasteiger partial charge >= 0.3 is 0 Å². The first-order chi connectivity index (χ1) is 13.5. The Labute approximate surface area is 165 Å². The zero-order valence-electron chi connectivity index (χ0n) is 16.5. The normalized spacial score (nSPS) is 28.6. The Balaban J connectivity index is 1.45. The fourth-order valence-electron chi connectivity index (χ4n) is 4.82. The van der Waals surface area contributed by atoms with Gasteiger partial charge < -0.3 is 15.1 Å². The summed E-state index contributed by atoms with van der Waals surface area (Å²) >= 11 is 0.